The highest BCUT2D eigenvalue weighted by molar-refractivity contribution is 7.99. The average molecular weight is 428 g/mol. The van der Waals surface area contributed by atoms with Crippen molar-refractivity contribution in [1.82, 2.24) is 0 Å². The van der Waals surface area contributed by atoms with Gasteiger partial charge in [-0.3, -0.25) is 0 Å². The van der Waals surface area contributed by atoms with Crippen LogP contribution < -0.4 is 0 Å². The molecule has 1 unspecified atom stereocenters. The lowest BCUT2D eigenvalue weighted by Crippen LogP contribution is -2.53. The van der Waals surface area contributed by atoms with Gasteiger partial charge in [-0.25, -0.2) is 18.8 Å². The Morgan fingerprint density at radius 1 is 1.07 bits per heavy atom. The smallest absolute Gasteiger partial charge is 0.351 e. The number of esters is 3. The molecule has 0 amide bonds. The lowest BCUT2D eigenvalue weighted by Gasteiger charge is -2.31. The van der Waals surface area contributed by atoms with E-state index in [4.69, 9.17) is 14.2 Å². The second-order valence-corrected chi connectivity index (χ2v) is 6.73. The molecule has 0 aliphatic carbocycles. The molecule has 1 atom stereocenters. The Kier molecular flexibility index (Phi) is 10.4. The van der Waals surface area contributed by atoms with E-state index in [0.717, 1.165) is 17.8 Å². The van der Waals surface area contributed by atoms with Crippen LogP contribution >= 0.6 is 11.8 Å². The number of carbonyl (C=O) groups is 3. The van der Waals surface area contributed by atoms with Gasteiger partial charge in [0, 0.05) is 17.4 Å². The van der Waals surface area contributed by atoms with E-state index in [9.17, 15) is 23.9 Å². The topological polar surface area (TPSA) is 99.1 Å². The van der Waals surface area contributed by atoms with E-state index in [1.54, 1.807) is 6.92 Å². The molecule has 1 aromatic rings. The molecular weight excluding hydrogens is 403 g/mol. The fraction of sp³-hybridized carbons (Fsp3) is 0.450. The van der Waals surface area contributed by atoms with E-state index in [2.05, 4.69) is 0 Å². The van der Waals surface area contributed by atoms with Crippen molar-refractivity contribution in [3.63, 3.8) is 0 Å². The van der Waals surface area contributed by atoms with Crippen LogP contribution in [0, 0.1) is 5.82 Å². The molecule has 0 aliphatic heterocycles. The van der Waals surface area contributed by atoms with E-state index >= 15 is 0 Å². The quantitative estimate of drug-likeness (QED) is 0.249. The molecule has 0 aliphatic rings. The Hall–Kier alpha value is -2.39. The summed E-state index contributed by atoms with van der Waals surface area (Å²) in [6, 6.07) is 5.45. The van der Waals surface area contributed by atoms with Gasteiger partial charge in [0.05, 0.1) is 25.1 Å². The molecule has 1 rings (SSSR count). The minimum absolute atomic E-state index is 0.0684. The predicted octanol–water partition coefficient (Wildman–Crippen LogP) is 2.58. The highest BCUT2D eigenvalue weighted by Gasteiger charge is 2.55. The van der Waals surface area contributed by atoms with E-state index in [1.165, 1.54) is 44.2 Å². The molecule has 0 saturated heterocycles. The minimum Gasteiger partial charge on any atom is -0.463 e. The van der Waals surface area contributed by atoms with E-state index in [0.29, 0.717) is 0 Å². The summed E-state index contributed by atoms with van der Waals surface area (Å²) in [4.78, 5) is 36.5. The van der Waals surface area contributed by atoms with Crippen molar-refractivity contribution in [1.29, 1.82) is 0 Å². The molecular formula is C20H25FO7S. The maximum atomic E-state index is 14.5. The Labute approximate surface area is 173 Å². The van der Waals surface area contributed by atoms with Gasteiger partial charge in [-0.05, 0) is 26.8 Å². The molecule has 9 heteroatoms. The summed E-state index contributed by atoms with van der Waals surface area (Å²) in [5, 5.41) is 9.71. The third-order valence-corrected chi connectivity index (χ3v) is 4.95. The molecule has 0 radical (unpaired) electrons. The van der Waals surface area contributed by atoms with Crippen LogP contribution in [0.3, 0.4) is 0 Å². The first-order valence-electron chi connectivity index (χ1n) is 9.08. The Morgan fingerprint density at radius 3 is 2.14 bits per heavy atom. The molecule has 0 fully saturated rings. The Balaban J connectivity index is 3.31. The molecule has 29 heavy (non-hydrogen) atoms. The van der Waals surface area contributed by atoms with Gasteiger partial charge in [0.25, 0.3) is 5.60 Å². The van der Waals surface area contributed by atoms with Crippen molar-refractivity contribution in [3.8, 4) is 0 Å². The molecule has 0 bridgehead atoms. The molecule has 1 aromatic carbocycles. The van der Waals surface area contributed by atoms with Crippen molar-refractivity contribution < 1.29 is 38.1 Å². The fourth-order valence-electron chi connectivity index (χ4n) is 2.39. The molecule has 160 valence electrons. The van der Waals surface area contributed by atoms with Crippen LogP contribution in [0.15, 0.2) is 36.4 Å². The summed E-state index contributed by atoms with van der Waals surface area (Å²) < 4.78 is 29.0. The molecule has 0 spiro atoms. The maximum absolute atomic E-state index is 14.5. The van der Waals surface area contributed by atoms with Crippen LogP contribution in [-0.4, -0.2) is 54.2 Å². The standard InChI is InChI=1S/C20H25FO7S/c1-4-26-16(22)12-9-13-29-17(14-10-7-8-11-15(14)21)20(25,18(23)27-5-2)19(24)28-6-3/h7-12,17,25H,4-6,13H2,1-3H3/b12-9+. The minimum atomic E-state index is -2.78. The first-order valence-corrected chi connectivity index (χ1v) is 10.1. The summed E-state index contributed by atoms with van der Waals surface area (Å²) in [6.45, 7) is 4.69. The zero-order valence-corrected chi connectivity index (χ0v) is 17.4. The lowest BCUT2D eigenvalue weighted by atomic mass is 9.93. The summed E-state index contributed by atoms with van der Waals surface area (Å²) in [5.41, 5.74) is -2.86. The largest absolute Gasteiger partial charge is 0.463 e. The average Bonchev–Trinajstić information content (AvgIpc) is 2.69. The number of aliphatic hydroxyl groups is 1. The van der Waals surface area contributed by atoms with Gasteiger partial charge in [0.2, 0.25) is 0 Å². The predicted molar refractivity (Wildman–Crippen MR) is 106 cm³/mol. The van der Waals surface area contributed by atoms with Crippen LogP contribution in [-0.2, 0) is 28.6 Å². The molecule has 1 N–H and O–H groups in total. The van der Waals surface area contributed by atoms with Crippen molar-refractivity contribution in [2.24, 2.45) is 0 Å². The number of thioether (sulfide) groups is 1. The normalized spacial score (nSPS) is 12.4. The van der Waals surface area contributed by atoms with Gasteiger partial charge in [-0.2, -0.15) is 0 Å². The maximum Gasteiger partial charge on any atom is 0.351 e. The number of benzene rings is 1. The van der Waals surface area contributed by atoms with Gasteiger partial charge in [0.15, 0.2) is 0 Å². The highest BCUT2D eigenvalue weighted by atomic mass is 32.2. The van der Waals surface area contributed by atoms with Crippen LogP contribution in [0.1, 0.15) is 31.6 Å². The van der Waals surface area contributed by atoms with Gasteiger partial charge < -0.3 is 19.3 Å². The molecule has 0 aromatic heterocycles. The summed E-state index contributed by atoms with van der Waals surface area (Å²) in [7, 11) is 0. The van der Waals surface area contributed by atoms with Gasteiger partial charge >= 0.3 is 17.9 Å². The summed E-state index contributed by atoms with van der Waals surface area (Å²) in [6.07, 6.45) is 2.59. The van der Waals surface area contributed by atoms with Gasteiger partial charge in [-0.1, -0.05) is 24.3 Å². The number of hydrogen-bond acceptors (Lipinski definition) is 8. The SMILES string of the molecule is CCOC(=O)/C=C/CSC(c1ccccc1F)C(O)(C(=O)OCC)C(=O)OCC. The monoisotopic (exact) mass is 428 g/mol. The second-order valence-electron chi connectivity index (χ2n) is 5.60. The number of carbonyl (C=O) groups excluding carboxylic acids is 3. The van der Waals surface area contributed by atoms with Crippen molar-refractivity contribution >= 4 is 29.7 Å². The first-order chi connectivity index (χ1) is 13.8. The van der Waals surface area contributed by atoms with E-state index < -0.39 is 34.6 Å². The van der Waals surface area contributed by atoms with Crippen LogP contribution in [0.2, 0.25) is 0 Å². The summed E-state index contributed by atoms with van der Waals surface area (Å²) >= 11 is 0.878. The number of rotatable bonds is 11. The first kappa shape index (κ1) is 24.6. The fourth-order valence-corrected chi connectivity index (χ4v) is 3.59. The van der Waals surface area contributed by atoms with E-state index in [-0.39, 0.29) is 31.1 Å². The van der Waals surface area contributed by atoms with Gasteiger partial charge in [-0.15, -0.1) is 11.8 Å². The zero-order valence-electron chi connectivity index (χ0n) is 16.6. The third-order valence-electron chi connectivity index (χ3n) is 3.64. The van der Waals surface area contributed by atoms with Crippen LogP contribution in [0.5, 0.6) is 0 Å². The number of ether oxygens (including phenoxy) is 3. The lowest BCUT2D eigenvalue weighted by molar-refractivity contribution is -0.183. The van der Waals surface area contributed by atoms with Crippen LogP contribution in [0.25, 0.3) is 0 Å². The highest BCUT2D eigenvalue weighted by Crippen LogP contribution is 2.41. The van der Waals surface area contributed by atoms with Crippen molar-refractivity contribution in [2.75, 3.05) is 25.6 Å². The second kappa shape index (κ2) is 12.2. The molecule has 0 saturated carbocycles. The zero-order chi connectivity index (χ0) is 21.9. The third kappa shape index (κ3) is 6.57. The Bertz CT molecular complexity index is 717. The Morgan fingerprint density at radius 2 is 1.62 bits per heavy atom. The van der Waals surface area contributed by atoms with Crippen LogP contribution in [0.4, 0.5) is 4.39 Å². The summed E-state index contributed by atoms with van der Waals surface area (Å²) in [5.74, 6) is -3.70. The number of hydrogen-bond donors (Lipinski definition) is 1. The van der Waals surface area contributed by atoms with Crippen molar-refractivity contribution in [3.05, 3.63) is 47.8 Å². The van der Waals surface area contributed by atoms with Gasteiger partial charge in [0.1, 0.15) is 5.82 Å². The van der Waals surface area contributed by atoms with E-state index in [1.807, 2.05) is 0 Å². The molecule has 7 nitrogen and oxygen atoms in total. The van der Waals surface area contributed by atoms with Crippen molar-refractivity contribution in [2.45, 2.75) is 31.6 Å². The number of halogens is 1. The molecule has 0 heterocycles.